The summed E-state index contributed by atoms with van der Waals surface area (Å²) in [6.07, 6.45) is 5.44. The van der Waals surface area contributed by atoms with Crippen molar-refractivity contribution in [2.24, 2.45) is 0 Å². The molecule has 20 heavy (non-hydrogen) atoms. The maximum Gasteiger partial charge on any atom is 0.118 e. The van der Waals surface area contributed by atoms with E-state index in [1.54, 1.807) is 0 Å². The van der Waals surface area contributed by atoms with Crippen LogP contribution in [0.3, 0.4) is 0 Å². The molecule has 3 rings (SSSR count). The maximum atomic E-state index is 5.92. The van der Waals surface area contributed by atoms with Gasteiger partial charge < -0.3 is 14.5 Å². The van der Waals surface area contributed by atoms with Crippen LogP contribution in [0.15, 0.2) is 10.5 Å². The fourth-order valence-corrected chi connectivity index (χ4v) is 2.95. The molecule has 2 aliphatic rings. The molecule has 0 amide bonds. The lowest BCUT2D eigenvalue weighted by Crippen LogP contribution is -2.38. The summed E-state index contributed by atoms with van der Waals surface area (Å²) in [7, 11) is 1.81. The lowest BCUT2D eigenvalue weighted by atomic mass is 10.1. The number of likely N-dealkylation sites (tertiary alicyclic amines) is 1. The number of nitrogens with one attached hydrogen (secondary N) is 1. The van der Waals surface area contributed by atoms with Gasteiger partial charge in [-0.05, 0) is 45.2 Å². The van der Waals surface area contributed by atoms with Crippen LogP contribution in [-0.2, 0) is 17.8 Å². The zero-order valence-corrected chi connectivity index (χ0v) is 12.7. The van der Waals surface area contributed by atoms with Crippen LogP contribution in [0, 0.1) is 6.92 Å². The van der Waals surface area contributed by atoms with Gasteiger partial charge in [0.25, 0.3) is 0 Å². The van der Waals surface area contributed by atoms with Crippen molar-refractivity contribution in [1.82, 2.24) is 10.2 Å². The van der Waals surface area contributed by atoms with E-state index < -0.39 is 0 Å². The maximum absolute atomic E-state index is 5.92. The van der Waals surface area contributed by atoms with E-state index in [4.69, 9.17) is 9.15 Å². The smallest absolute Gasteiger partial charge is 0.118 e. The molecule has 2 fully saturated rings. The first-order valence-electron chi connectivity index (χ1n) is 7.81. The van der Waals surface area contributed by atoms with E-state index in [1.165, 1.54) is 31.2 Å². The fraction of sp³-hybridized carbons (Fsp3) is 0.750. The molecule has 2 heterocycles. The third kappa shape index (κ3) is 3.62. The zero-order valence-electron chi connectivity index (χ0n) is 12.7. The summed E-state index contributed by atoms with van der Waals surface area (Å²) >= 11 is 0. The molecule has 1 saturated carbocycles. The van der Waals surface area contributed by atoms with E-state index in [-0.39, 0.29) is 0 Å². The van der Waals surface area contributed by atoms with Crippen LogP contribution in [-0.4, -0.2) is 37.2 Å². The highest BCUT2D eigenvalue weighted by Gasteiger charge is 2.22. The molecule has 1 saturated heterocycles. The van der Waals surface area contributed by atoms with Crippen molar-refractivity contribution in [3.63, 3.8) is 0 Å². The van der Waals surface area contributed by atoms with Gasteiger partial charge in [0, 0.05) is 31.8 Å². The predicted molar refractivity (Wildman–Crippen MR) is 78.6 cm³/mol. The average molecular weight is 278 g/mol. The van der Waals surface area contributed by atoms with Crippen LogP contribution >= 0.6 is 0 Å². The van der Waals surface area contributed by atoms with Gasteiger partial charge in [0.2, 0.25) is 0 Å². The van der Waals surface area contributed by atoms with Gasteiger partial charge >= 0.3 is 0 Å². The van der Waals surface area contributed by atoms with Crippen LogP contribution in [0.4, 0.5) is 0 Å². The van der Waals surface area contributed by atoms with Gasteiger partial charge in [-0.3, -0.25) is 4.90 Å². The summed E-state index contributed by atoms with van der Waals surface area (Å²) in [6.45, 7) is 6.09. The molecule has 0 radical (unpaired) electrons. The highest BCUT2D eigenvalue weighted by Crippen LogP contribution is 2.22. The summed E-state index contributed by atoms with van der Waals surface area (Å²) in [5.74, 6) is 2.15. The Kier molecular flexibility index (Phi) is 4.44. The summed E-state index contributed by atoms with van der Waals surface area (Å²) < 4.78 is 11.4. The van der Waals surface area contributed by atoms with Gasteiger partial charge in [0.15, 0.2) is 0 Å². The highest BCUT2D eigenvalue weighted by atomic mass is 16.5. The van der Waals surface area contributed by atoms with Gasteiger partial charge in [0.05, 0.1) is 12.6 Å². The number of furan rings is 1. The van der Waals surface area contributed by atoms with Crippen molar-refractivity contribution in [2.75, 3.05) is 20.2 Å². The summed E-state index contributed by atoms with van der Waals surface area (Å²) in [5, 5.41) is 3.55. The molecule has 4 heteroatoms. The average Bonchev–Trinajstić information content (AvgIpc) is 3.21. The molecule has 0 spiro atoms. The van der Waals surface area contributed by atoms with Gasteiger partial charge in [-0.1, -0.05) is 0 Å². The van der Waals surface area contributed by atoms with E-state index in [9.17, 15) is 0 Å². The quantitative estimate of drug-likeness (QED) is 0.867. The number of rotatable bonds is 6. The summed E-state index contributed by atoms with van der Waals surface area (Å²) in [6, 6.07) is 2.97. The number of methoxy groups -OCH3 is 1. The first kappa shape index (κ1) is 14.1. The van der Waals surface area contributed by atoms with Crippen molar-refractivity contribution >= 4 is 0 Å². The number of piperidine rings is 1. The monoisotopic (exact) mass is 278 g/mol. The number of hydrogen-bond acceptors (Lipinski definition) is 4. The molecule has 1 aromatic rings. The molecule has 112 valence electrons. The van der Waals surface area contributed by atoms with Crippen molar-refractivity contribution < 1.29 is 9.15 Å². The normalized spacial score (nSPS) is 24.2. The molecule has 1 N–H and O–H groups in total. The predicted octanol–water partition coefficient (Wildman–Crippen LogP) is 2.45. The van der Waals surface area contributed by atoms with E-state index in [2.05, 4.69) is 23.2 Å². The van der Waals surface area contributed by atoms with Crippen LogP contribution in [0.25, 0.3) is 0 Å². The van der Waals surface area contributed by atoms with E-state index >= 15 is 0 Å². The van der Waals surface area contributed by atoms with E-state index in [1.807, 2.05) is 7.11 Å². The van der Waals surface area contributed by atoms with E-state index in [0.717, 1.165) is 43.7 Å². The van der Waals surface area contributed by atoms with Crippen molar-refractivity contribution in [1.29, 1.82) is 0 Å². The molecule has 1 aliphatic carbocycles. The van der Waals surface area contributed by atoms with Crippen LogP contribution < -0.4 is 5.32 Å². The Morgan fingerprint density at radius 2 is 2.25 bits per heavy atom. The molecular weight excluding hydrogens is 252 g/mol. The number of ether oxygens (including phenoxy) is 1. The standard InChI is InChI=1S/C16H26N2O2/c1-12-13(9-17-14-5-6-14)8-16(20-12)11-18-7-3-4-15(10-18)19-2/h8,14-15,17H,3-7,9-11H2,1-2H3. The largest absolute Gasteiger partial charge is 0.465 e. The second-order valence-electron chi connectivity index (χ2n) is 6.18. The third-order valence-electron chi connectivity index (χ3n) is 4.41. The van der Waals surface area contributed by atoms with Crippen molar-refractivity contribution in [2.45, 2.75) is 57.8 Å². The number of nitrogens with zero attached hydrogens (tertiary/aromatic N) is 1. The summed E-state index contributed by atoms with van der Waals surface area (Å²) in [4.78, 5) is 2.44. The Morgan fingerprint density at radius 3 is 3.00 bits per heavy atom. The second-order valence-corrected chi connectivity index (χ2v) is 6.18. The minimum Gasteiger partial charge on any atom is -0.465 e. The summed E-state index contributed by atoms with van der Waals surface area (Å²) in [5.41, 5.74) is 1.31. The minimum absolute atomic E-state index is 0.385. The first-order chi connectivity index (χ1) is 9.74. The van der Waals surface area contributed by atoms with Crippen molar-refractivity contribution in [3.05, 3.63) is 23.2 Å². The van der Waals surface area contributed by atoms with Gasteiger partial charge in [-0.15, -0.1) is 0 Å². The SMILES string of the molecule is COC1CCCN(Cc2cc(CNC3CC3)c(C)o2)C1. The van der Waals surface area contributed by atoms with Gasteiger partial charge in [-0.25, -0.2) is 0 Å². The molecule has 1 aliphatic heterocycles. The zero-order chi connectivity index (χ0) is 13.9. The Labute approximate surface area is 121 Å². The third-order valence-corrected chi connectivity index (χ3v) is 4.41. The Bertz CT molecular complexity index is 440. The second kappa shape index (κ2) is 6.29. The molecule has 0 aromatic carbocycles. The van der Waals surface area contributed by atoms with Crippen LogP contribution in [0.1, 0.15) is 42.8 Å². The fourth-order valence-electron chi connectivity index (χ4n) is 2.95. The van der Waals surface area contributed by atoms with Crippen LogP contribution in [0.5, 0.6) is 0 Å². The topological polar surface area (TPSA) is 37.6 Å². The highest BCUT2D eigenvalue weighted by molar-refractivity contribution is 5.21. The molecule has 0 bridgehead atoms. The molecule has 1 atom stereocenters. The Morgan fingerprint density at radius 1 is 1.40 bits per heavy atom. The van der Waals surface area contributed by atoms with Gasteiger partial charge in [-0.2, -0.15) is 0 Å². The number of aryl methyl sites for hydroxylation is 1. The van der Waals surface area contributed by atoms with E-state index in [0.29, 0.717) is 6.10 Å². The molecule has 1 unspecified atom stereocenters. The Balaban J connectivity index is 1.55. The Hall–Kier alpha value is -0.840. The van der Waals surface area contributed by atoms with Crippen LogP contribution in [0.2, 0.25) is 0 Å². The first-order valence-corrected chi connectivity index (χ1v) is 7.81. The minimum atomic E-state index is 0.385. The lowest BCUT2D eigenvalue weighted by Gasteiger charge is -2.31. The number of hydrogen-bond donors (Lipinski definition) is 1. The molecule has 1 aromatic heterocycles. The van der Waals surface area contributed by atoms with Crippen molar-refractivity contribution in [3.8, 4) is 0 Å². The molecular formula is C16H26N2O2. The lowest BCUT2D eigenvalue weighted by molar-refractivity contribution is 0.0263. The van der Waals surface area contributed by atoms with Gasteiger partial charge in [0.1, 0.15) is 11.5 Å². The molecule has 4 nitrogen and oxygen atoms in total.